The van der Waals surface area contributed by atoms with E-state index in [4.69, 9.17) is 0 Å². The third kappa shape index (κ3) is 4.24. The quantitative estimate of drug-likeness (QED) is 0.901. The van der Waals surface area contributed by atoms with Crippen LogP contribution in [0, 0.1) is 17.6 Å². The van der Waals surface area contributed by atoms with E-state index in [1.165, 1.54) is 6.07 Å². The summed E-state index contributed by atoms with van der Waals surface area (Å²) in [6, 6.07) is 3.44. The van der Waals surface area contributed by atoms with E-state index < -0.39 is 17.7 Å². The first kappa shape index (κ1) is 16.8. The lowest BCUT2D eigenvalue weighted by molar-refractivity contribution is -0.127. The Morgan fingerprint density at radius 1 is 1.45 bits per heavy atom. The Kier molecular flexibility index (Phi) is 5.47. The predicted octanol–water partition coefficient (Wildman–Crippen LogP) is 1.80. The average molecular weight is 312 g/mol. The van der Waals surface area contributed by atoms with Crippen LogP contribution in [-0.4, -0.2) is 54.0 Å². The molecule has 1 aromatic rings. The van der Waals surface area contributed by atoms with Crippen LogP contribution in [0.4, 0.5) is 8.78 Å². The molecule has 1 saturated heterocycles. The normalized spacial score (nSPS) is 19.7. The van der Waals surface area contributed by atoms with Crippen molar-refractivity contribution in [2.24, 2.45) is 5.92 Å². The highest BCUT2D eigenvalue weighted by molar-refractivity contribution is 5.73. The number of hydrogen-bond donors (Lipinski definition) is 1. The van der Waals surface area contributed by atoms with Gasteiger partial charge in [-0.2, -0.15) is 0 Å². The number of halogens is 2. The predicted molar refractivity (Wildman–Crippen MR) is 79.2 cm³/mol. The van der Waals surface area contributed by atoms with E-state index in [0.29, 0.717) is 18.0 Å². The molecule has 2 unspecified atom stereocenters. The maximum atomic E-state index is 13.2. The van der Waals surface area contributed by atoms with Crippen LogP contribution in [0.3, 0.4) is 0 Å². The standard InChI is InChI=1S/C16H22F2N2O2/c1-11(21)20-6-5-12(9-20)8-19(2)10-16(22)13-3-4-14(17)15(18)7-13/h3-4,7,12,16,22H,5-6,8-10H2,1-2H3. The SMILES string of the molecule is CC(=O)N1CCC(CN(C)CC(O)c2ccc(F)c(F)c2)C1. The molecule has 0 bridgehead atoms. The molecule has 1 aliphatic rings. The largest absolute Gasteiger partial charge is 0.387 e. The average Bonchev–Trinajstić information content (AvgIpc) is 2.90. The van der Waals surface area contributed by atoms with Crippen LogP contribution in [0.2, 0.25) is 0 Å². The van der Waals surface area contributed by atoms with Gasteiger partial charge in [0, 0.05) is 33.1 Å². The molecule has 0 saturated carbocycles. The van der Waals surface area contributed by atoms with E-state index >= 15 is 0 Å². The number of likely N-dealkylation sites (tertiary alicyclic amines) is 1. The number of aliphatic hydroxyl groups excluding tert-OH is 1. The molecule has 22 heavy (non-hydrogen) atoms. The minimum Gasteiger partial charge on any atom is -0.387 e. The third-order valence-electron chi connectivity index (χ3n) is 4.11. The van der Waals surface area contributed by atoms with Crippen molar-refractivity contribution < 1.29 is 18.7 Å². The van der Waals surface area contributed by atoms with Gasteiger partial charge in [0.1, 0.15) is 0 Å². The summed E-state index contributed by atoms with van der Waals surface area (Å²) < 4.78 is 26.1. The Morgan fingerprint density at radius 2 is 2.18 bits per heavy atom. The van der Waals surface area contributed by atoms with Crippen LogP contribution >= 0.6 is 0 Å². The van der Waals surface area contributed by atoms with Crippen LogP contribution in [-0.2, 0) is 4.79 Å². The van der Waals surface area contributed by atoms with Crippen LogP contribution in [0.1, 0.15) is 25.0 Å². The topological polar surface area (TPSA) is 43.8 Å². The molecule has 6 heteroatoms. The molecule has 0 aliphatic carbocycles. The second-order valence-electron chi connectivity index (χ2n) is 6.03. The highest BCUT2D eigenvalue weighted by Crippen LogP contribution is 2.20. The lowest BCUT2D eigenvalue weighted by atomic mass is 10.1. The van der Waals surface area contributed by atoms with E-state index in [2.05, 4.69) is 0 Å². The van der Waals surface area contributed by atoms with Gasteiger partial charge in [-0.1, -0.05) is 6.07 Å². The second kappa shape index (κ2) is 7.15. The molecular formula is C16H22F2N2O2. The monoisotopic (exact) mass is 312 g/mol. The molecular weight excluding hydrogens is 290 g/mol. The fourth-order valence-corrected chi connectivity index (χ4v) is 2.90. The minimum atomic E-state index is -0.952. The summed E-state index contributed by atoms with van der Waals surface area (Å²) in [4.78, 5) is 15.1. The highest BCUT2D eigenvalue weighted by Gasteiger charge is 2.25. The number of carbonyl (C=O) groups is 1. The van der Waals surface area contributed by atoms with Gasteiger partial charge in [0.05, 0.1) is 6.10 Å². The van der Waals surface area contributed by atoms with E-state index in [9.17, 15) is 18.7 Å². The Balaban J connectivity index is 1.85. The van der Waals surface area contributed by atoms with Gasteiger partial charge in [-0.25, -0.2) is 8.78 Å². The summed E-state index contributed by atoms with van der Waals surface area (Å²) in [6.45, 7) is 4.17. The Hall–Kier alpha value is -1.53. The fraction of sp³-hybridized carbons (Fsp3) is 0.562. The summed E-state index contributed by atoms with van der Waals surface area (Å²) in [5.41, 5.74) is 0.363. The van der Waals surface area contributed by atoms with E-state index in [1.54, 1.807) is 6.92 Å². The summed E-state index contributed by atoms with van der Waals surface area (Å²) in [5.74, 6) is -1.40. The lowest BCUT2D eigenvalue weighted by Gasteiger charge is -2.24. The van der Waals surface area contributed by atoms with Crippen molar-refractivity contribution in [2.75, 3.05) is 33.2 Å². The Morgan fingerprint density at radius 3 is 2.77 bits per heavy atom. The van der Waals surface area contributed by atoms with Crippen molar-refractivity contribution >= 4 is 5.91 Å². The molecule has 1 aliphatic heterocycles. The number of hydrogen-bond acceptors (Lipinski definition) is 3. The zero-order chi connectivity index (χ0) is 16.3. The minimum absolute atomic E-state index is 0.0898. The van der Waals surface area contributed by atoms with Crippen LogP contribution in [0.5, 0.6) is 0 Å². The first-order chi connectivity index (χ1) is 10.4. The fourth-order valence-electron chi connectivity index (χ4n) is 2.90. The molecule has 1 amide bonds. The summed E-state index contributed by atoms with van der Waals surface area (Å²) in [6.07, 6.45) is 0.0796. The molecule has 1 fully saturated rings. The second-order valence-corrected chi connectivity index (χ2v) is 6.03. The van der Waals surface area contributed by atoms with Crippen molar-refractivity contribution in [1.82, 2.24) is 9.80 Å². The molecule has 0 aromatic heterocycles. The maximum Gasteiger partial charge on any atom is 0.219 e. The van der Waals surface area contributed by atoms with Crippen molar-refractivity contribution in [3.8, 4) is 0 Å². The van der Waals surface area contributed by atoms with Crippen molar-refractivity contribution in [2.45, 2.75) is 19.4 Å². The molecule has 1 N–H and O–H groups in total. The first-order valence-corrected chi connectivity index (χ1v) is 7.44. The Labute approximate surface area is 129 Å². The van der Waals surface area contributed by atoms with Gasteiger partial charge in [0.2, 0.25) is 5.91 Å². The highest BCUT2D eigenvalue weighted by atomic mass is 19.2. The molecule has 1 heterocycles. The van der Waals surface area contributed by atoms with Crippen molar-refractivity contribution in [3.63, 3.8) is 0 Å². The van der Waals surface area contributed by atoms with E-state index in [-0.39, 0.29) is 5.91 Å². The number of aliphatic hydroxyl groups is 1. The van der Waals surface area contributed by atoms with Gasteiger partial charge in [-0.15, -0.1) is 0 Å². The number of carbonyl (C=O) groups excluding carboxylic acids is 1. The van der Waals surface area contributed by atoms with E-state index in [0.717, 1.165) is 38.2 Å². The van der Waals surface area contributed by atoms with Gasteiger partial charge in [-0.3, -0.25) is 4.79 Å². The molecule has 2 atom stereocenters. The van der Waals surface area contributed by atoms with Crippen LogP contribution in [0.15, 0.2) is 18.2 Å². The Bertz CT molecular complexity index is 539. The van der Waals surface area contributed by atoms with Gasteiger partial charge in [0.25, 0.3) is 0 Å². The van der Waals surface area contributed by atoms with Crippen molar-refractivity contribution in [3.05, 3.63) is 35.4 Å². The lowest BCUT2D eigenvalue weighted by Crippen LogP contribution is -2.32. The van der Waals surface area contributed by atoms with Gasteiger partial charge in [0.15, 0.2) is 11.6 Å². The first-order valence-electron chi connectivity index (χ1n) is 7.44. The number of benzene rings is 1. The number of likely N-dealkylation sites (N-methyl/N-ethyl adjacent to an activating group) is 1. The number of rotatable bonds is 5. The molecule has 4 nitrogen and oxygen atoms in total. The third-order valence-corrected chi connectivity index (χ3v) is 4.11. The molecule has 2 rings (SSSR count). The maximum absolute atomic E-state index is 13.2. The summed E-state index contributed by atoms with van der Waals surface area (Å²) in [5, 5.41) is 10.1. The van der Waals surface area contributed by atoms with Gasteiger partial charge in [-0.05, 0) is 37.1 Å². The summed E-state index contributed by atoms with van der Waals surface area (Å²) >= 11 is 0. The summed E-state index contributed by atoms with van der Waals surface area (Å²) in [7, 11) is 1.87. The van der Waals surface area contributed by atoms with Crippen LogP contribution < -0.4 is 0 Å². The molecule has 122 valence electrons. The number of nitrogens with zero attached hydrogens (tertiary/aromatic N) is 2. The van der Waals surface area contributed by atoms with Gasteiger partial charge < -0.3 is 14.9 Å². The molecule has 1 aromatic carbocycles. The molecule has 0 spiro atoms. The zero-order valence-electron chi connectivity index (χ0n) is 12.9. The van der Waals surface area contributed by atoms with E-state index in [1.807, 2.05) is 16.8 Å². The van der Waals surface area contributed by atoms with Crippen molar-refractivity contribution in [1.29, 1.82) is 0 Å². The molecule has 0 radical (unpaired) electrons. The zero-order valence-corrected chi connectivity index (χ0v) is 12.9. The van der Waals surface area contributed by atoms with Crippen LogP contribution in [0.25, 0.3) is 0 Å². The number of amides is 1. The van der Waals surface area contributed by atoms with Gasteiger partial charge >= 0.3 is 0 Å². The smallest absolute Gasteiger partial charge is 0.219 e.